The highest BCUT2D eigenvalue weighted by Gasteiger charge is 2.37. The second kappa shape index (κ2) is 14.1. The van der Waals surface area contributed by atoms with Crippen LogP contribution in [0.15, 0.2) is 24.5 Å². The predicted molar refractivity (Wildman–Crippen MR) is 166 cm³/mol. The van der Waals surface area contributed by atoms with E-state index in [4.69, 9.17) is 26.3 Å². The summed E-state index contributed by atoms with van der Waals surface area (Å²) in [5.41, 5.74) is 0.543. The summed E-state index contributed by atoms with van der Waals surface area (Å²) in [4.78, 5) is 50.1. The number of nitrogens with one attached hydrogen (secondary N) is 2. The van der Waals surface area contributed by atoms with Gasteiger partial charge in [0.05, 0.1) is 25.2 Å². The number of carbonyl (C=O) groups is 3. The number of amides is 4. The monoisotopic (exact) mass is 625 g/mol. The van der Waals surface area contributed by atoms with E-state index in [2.05, 4.69) is 20.6 Å². The molecule has 2 aromatic rings. The highest BCUT2D eigenvalue weighted by Crippen LogP contribution is 2.35. The minimum absolute atomic E-state index is 0.112. The van der Waals surface area contributed by atoms with Crippen molar-refractivity contribution in [3.05, 3.63) is 40.8 Å². The Balaban J connectivity index is 1.43. The van der Waals surface area contributed by atoms with E-state index < -0.39 is 17.7 Å². The van der Waals surface area contributed by atoms with Crippen molar-refractivity contribution < 1.29 is 23.9 Å². The first-order valence-corrected chi connectivity index (χ1v) is 15.2. The molecular weight excluding hydrogens is 586 g/mol. The Morgan fingerprint density at radius 1 is 1.14 bits per heavy atom. The lowest BCUT2D eigenvalue weighted by Crippen LogP contribution is -2.49. The number of anilines is 2. The first-order valence-electron chi connectivity index (χ1n) is 14.8. The standard InChI is InChI=1S/C31H40ClN7O5/c1-19(20-8-11-38(12-9-20)28(40)21-6-7-21)39(30(42)44-31(2,3)4)13-10-22-14-26(43-5)25(15-24(22)32)36-29(41)37-27-18-34-23(16-33)17-35-27/h14-15,17-21H,6-13H2,1-5H3,(H2,35,36,37,41). The number of methoxy groups -OCH3 is 1. The predicted octanol–water partition coefficient (Wildman–Crippen LogP) is 5.47. The fraction of sp³-hybridized carbons (Fsp3) is 0.548. The molecule has 0 bridgehead atoms. The Morgan fingerprint density at radius 3 is 2.41 bits per heavy atom. The van der Waals surface area contributed by atoms with Gasteiger partial charge in [0.15, 0.2) is 11.5 Å². The van der Waals surface area contributed by atoms with Crippen LogP contribution >= 0.6 is 11.6 Å². The lowest BCUT2D eigenvalue weighted by atomic mass is 9.89. The molecule has 2 fully saturated rings. The number of nitrogens with zero attached hydrogens (tertiary/aromatic N) is 5. The minimum atomic E-state index is -0.660. The van der Waals surface area contributed by atoms with Gasteiger partial charge < -0.3 is 24.6 Å². The number of hydrogen-bond donors (Lipinski definition) is 2. The van der Waals surface area contributed by atoms with Crippen LogP contribution in [0, 0.1) is 23.2 Å². The first kappa shape index (κ1) is 32.8. The number of rotatable bonds is 9. The van der Waals surface area contributed by atoms with Gasteiger partial charge in [-0.1, -0.05) is 11.6 Å². The van der Waals surface area contributed by atoms with Crippen molar-refractivity contribution in [1.29, 1.82) is 5.26 Å². The summed E-state index contributed by atoms with van der Waals surface area (Å²) in [5, 5.41) is 14.5. The molecule has 4 rings (SSSR count). The Hall–Kier alpha value is -4.11. The van der Waals surface area contributed by atoms with E-state index in [1.165, 1.54) is 19.5 Å². The molecule has 2 aliphatic rings. The fourth-order valence-electron chi connectivity index (χ4n) is 5.24. The smallest absolute Gasteiger partial charge is 0.410 e. The van der Waals surface area contributed by atoms with E-state index in [0.717, 1.165) is 31.2 Å². The van der Waals surface area contributed by atoms with Gasteiger partial charge in [0, 0.05) is 36.6 Å². The van der Waals surface area contributed by atoms with Gasteiger partial charge in [0.1, 0.15) is 17.4 Å². The second-order valence-corrected chi connectivity index (χ2v) is 12.6. The summed E-state index contributed by atoms with van der Waals surface area (Å²) in [5.74, 6) is 1.25. The SMILES string of the molecule is COc1cc(CCN(C(=O)OC(C)(C)C)C(C)C2CCN(C(=O)C3CC3)CC2)c(Cl)cc1NC(=O)Nc1cnc(C#N)cn1. The maximum absolute atomic E-state index is 13.4. The highest BCUT2D eigenvalue weighted by molar-refractivity contribution is 6.31. The Kier molecular flexibility index (Phi) is 10.5. The maximum Gasteiger partial charge on any atom is 0.410 e. The minimum Gasteiger partial charge on any atom is -0.495 e. The summed E-state index contributed by atoms with van der Waals surface area (Å²) in [6.07, 6.45) is 6.19. The average Bonchev–Trinajstić information content (AvgIpc) is 3.83. The molecular formula is C31H40ClN7O5. The van der Waals surface area contributed by atoms with Crippen molar-refractivity contribution in [3.63, 3.8) is 0 Å². The number of likely N-dealkylation sites (tertiary alicyclic amines) is 1. The lowest BCUT2D eigenvalue weighted by molar-refractivity contribution is -0.134. The van der Waals surface area contributed by atoms with Gasteiger partial charge in [-0.2, -0.15) is 5.26 Å². The quantitative estimate of drug-likeness (QED) is 0.372. The van der Waals surface area contributed by atoms with Crippen molar-refractivity contribution >= 4 is 41.1 Å². The second-order valence-electron chi connectivity index (χ2n) is 12.2. The average molecular weight is 626 g/mol. The summed E-state index contributed by atoms with van der Waals surface area (Å²) in [6.45, 7) is 9.32. The third-order valence-corrected chi connectivity index (χ3v) is 8.18. The molecule has 1 aromatic heterocycles. The molecule has 0 spiro atoms. The molecule has 1 aromatic carbocycles. The number of ether oxygens (including phenoxy) is 2. The van der Waals surface area contributed by atoms with Crippen LogP contribution < -0.4 is 15.4 Å². The summed E-state index contributed by atoms with van der Waals surface area (Å²) >= 11 is 6.66. The van der Waals surface area contributed by atoms with Gasteiger partial charge >= 0.3 is 12.1 Å². The zero-order valence-corrected chi connectivity index (χ0v) is 26.6. The van der Waals surface area contributed by atoms with Crippen LogP contribution in [-0.4, -0.2) is 76.2 Å². The number of piperidine rings is 1. The number of aromatic nitrogens is 2. The van der Waals surface area contributed by atoms with Gasteiger partial charge in [-0.15, -0.1) is 0 Å². The Labute approximate surface area is 263 Å². The van der Waals surface area contributed by atoms with E-state index in [1.54, 1.807) is 17.0 Å². The molecule has 0 radical (unpaired) electrons. The van der Waals surface area contributed by atoms with E-state index in [1.807, 2.05) is 38.7 Å². The number of benzene rings is 1. The third-order valence-electron chi connectivity index (χ3n) is 7.83. The Bertz CT molecular complexity index is 1390. The molecule has 2 N–H and O–H groups in total. The molecule has 1 aliphatic heterocycles. The zero-order chi connectivity index (χ0) is 32.0. The number of urea groups is 1. The topological polar surface area (TPSA) is 150 Å². The molecule has 44 heavy (non-hydrogen) atoms. The van der Waals surface area contributed by atoms with Crippen molar-refractivity contribution in [2.45, 2.75) is 71.4 Å². The van der Waals surface area contributed by atoms with Gasteiger partial charge in [-0.05, 0) is 83.4 Å². The number of carbonyl (C=O) groups excluding carboxylic acids is 3. The first-order chi connectivity index (χ1) is 20.9. The van der Waals surface area contributed by atoms with Gasteiger partial charge in [-0.3, -0.25) is 10.1 Å². The van der Waals surface area contributed by atoms with Crippen molar-refractivity contribution in [2.75, 3.05) is 37.4 Å². The molecule has 1 aliphatic carbocycles. The highest BCUT2D eigenvalue weighted by atomic mass is 35.5. The normalized spacial score (nSPS) is 16.0. The molecule has 1 unspecified atom stereocenters. The van der Waals surface area contributed by atoms with Crippen molar-refractivity contribution in [1.82, 2.24) is 19.8 Å². The molecule has 1 saturated heterocycles. The molecule has 4 amide bonds. The molecule has 236 valence electrons. The molecule has 13 heteroatoms. The van der Waals surface area contributed by atoms with Crippen LogP contribution in [0.2, 0.25) is 5.02 Å². The molecule has 2 heterocycles. The fourth-order valence-corrected chi connectivity index (χ4v) is 5.50. The van der Waals surface area contributed by atoms with Gasteiger partial charge in [-0.25, -0.2) is 19.6 Å². The number of halogens is 1. The number of nitriles is 1. The summed E-state index contributed by atoms with van der Waals surface area (Å²) in [6, 6.07) is 4.48. The van der Waals surface area contributed by atoms with E-state index in [-0.39, 0.29) is 35.3 Å². The molecule has 1 atom stereocenters. The van der Waals surface area contributed by atoms with Crippen LogP contribution in [0.1, 0.15) is 64.6 Å². The van der Waals surface area contributed by atoms with Crippen molar-refractivity contribution in [2.24, 2.45) is 11.8 Å². The van der Waals surface area contributed by atoms with Crippen LogP contribution in [-0.2, 0) is 16.0 Å². The van der Waals surface area contributed by atoms with Crippen LogP contribution in [0.25, 0.3) is 0 Å². The van der Waals surface area contributed by atoms with Crippen LogP contribution in [0.3, 0.4) is 0 Å². The van der Waals surface area contributed by atoms with Gasteiger partial charge in [0.25, 0.3) is 0 Å². The van der Waals surface area contributed by atoms with Crippen molar-refractivity contribution in [3.8, 4) is 11.8 Å². The largest absolute Gasteiger partial charge is 0.495 e. The van der Waals surface area contributed by atoms with E-state index in [9.17, 15) is 14.4 Å². The van der Waals surface area contributed by atoms with E-state index in [0.29, 0.717) is 42.5 Å². The maximum atomic E-state index is 13.4. The van der Waals surface area contributed by atoms with Crippen LogP contribution in [0.4, 0.5) is 21.1 Å². The lowest BCUT2D eigenvalue weighted by Gasteiger charge is -2.40. The molecule has 1 saturated carbocycles. The Morgan fingerprint density at radius 2 is 1.84 bits per heavy atom. The molecule has 12 nitrogen and oxygen atoms in total. The third kappa shape index (κ3) is 8.72. The summed E-state index contributed by atoms with van der Waals surface area (Å²) in [7, 11) is 1.48. The number of hydrogen-bond acceptors (Lipinski definition) is 8. The summed E-state index contributed by atoms with van der Waals surface area (Å²) < 4.78 is 11.3. The van der Waals surface area contributed by atoms with Gasteiger partial charge in [0.2, 0.25) is 5.91 Å². The van der Waals surface area contributed by atoms with Crippen LogP contribution in [0.5, 0.6) is 5.75 Å². The zero-order valence-electron chi connectivity index (χ0n) is 25.9. The van der Waals surface area contributed by atoms with E-state index >= 15 is 0 Å².